The number of hydrogen-bond acceptors (Lipinski definition) is 5. The molecule has 1 aliphatic heterocycles. The third-order valence-corrected chi connectivity index (χ3v) is 5.29. The summed E-state index contributed by atoms with van der Waals surface area (Å²) in [6.07, 6.45) is 3.30. The summed E-state index contributed by atoms with van der Waals surface area (Å²) in [7, 11) is -2.85. The smallest absolute Gasteiger partial charge is 0.254 e. The second-order valence-corrected chi connectivity index (χ2v) is 8.90. The van der Waals surface area contributed by atoms with E-state index < -0.39 is 9.84 Å². The van der Waals surface area contributed by atoms with Crippen LogP contribution < -0.4 is 5.32 Å². The van der Waals surface area contributed by atoms with E-state index >= 15 is 0 Å². The maximum atomic E-state index is 12.1. The zero-order valence-corrected chi connectivity index (χ0v) is 14.2. The number of amides is 1. The van der Waals surface area contributed by atoms with Crippen LogP contribution in [0, 0.1) is 0 Å². The van der Waals surface area contributed by atoms with Gasteiger partial charge >= 0.3 is 0 Å². The van der Waals surface area contributed by atoms with Gasteiger partial charge in [-0.3, -0.25) is 14.4 Å². The minimum atomic E-state index is -2.85. The number of rotatable bonds is 4. The van der Waals surface area contributed by atoms with Crippen molar-refractivity contribution in [2.24, 2.45) is 0 Å². The van der Waals surface area contributed by atoms with Crippen molar-refractivity contribution in [2.75, 3.05) is 37.7 Å². The van der Waals surface area contributed by atoms with E-state index in [0.29, 0.717) is 31.7 Å². The molecular formula is C14H24N4O3S. The normalized spacial score (nSPS) is 19.0. The van der Waals surface area contributed by atoms with Gasteiger partial charge in [0.2, 0.25) is 0 Å². The van der Waals surface area contributed by atoms with Gasteiger partial charge in [0.1, 0.15) is 0 Å². The van der Waals surface area contributed by atoms with Crippen LogP contribution in [0.5, 0.6) is 0 Å². The Balaban J connectivity index is 1.78. The van der Waals surface area contributed by atoms with Crippen molar-refractivity contribution in [3.05, 3.63) is 18.0 Å². The molecule has 0 spiro atoms. The average Bonchev–Trinajstić information content (AvgIpc) is 2.90. The molecule has 1 saturated heterocycles. The molecule has 0 radical (unpaired) electrons. The summed E-state index contributed by atoms with van der Waals surface area (Å²) in [5.41, 5.74) is 0.383. The summed E-state index contributed by atoms with van der Waals surface area (Å²) >= 11 is 0. The number of nitrogens with one attached hydrogen (secondary N) is 1. The first-order chi connectivity index (χ1) is 10.2. The largest absolute Gasteiger partial charge is 0.351 e. The highest BCUT2D eigenvalue weighted by Crippen LogP contribution is 2.13. The fourth-order valence-corrected chi connectivity index (χ4v) is 3.49. The second-order valence-electron chi connectivity index (χ2n) is 6.59. The lowest BCUT2D eigenvalue weighted by Gasteiger charge is -2.26. The second kappa shape index (κ2) is 6.37. The third-order valence-electron chi connectivity index (χ3n) is 3.68. The fourth-order valence-electron chi connectivity index (χ4n) is 2.21. The minimum Gasteiger partial charge on any atom is -0.351 e. The Morgan fingerprint density at radius 1 is 1.32 bits per heavy atom. The molecular weight excluding hydrogens is 304 g/mol. The number of sulfone groups is 1. The summed E-state index contributed by atoms with van der Waals surface area (Å²) in [6.45, 7) is 8.30. The van der Waals surface area contributed by atoms with Crippen molar-refractivity contribution < 1.29 is 13.2 Å². The van der Waals surface area contributed by atoms with Gasteiger partial charge in [0.25, 0.3) is 5.91 Å². The van der Waals surface area contributed by atoms with Gasteiger partial charge in [0.15, 0.2) is 9.84 Å². The van der Waals surface area contributed by atoms with E-state index in [-0.39, 0.29) is 23.0 Å². The zero-order valence-electron chi connectivity index (χ0n) is 13.4. The fraction of sp³-hybridized carbons (Fsp3) is 0.714. The Hall–Kier alpha value is -1.41. The van der Waals surface area contributed by atoms with Crippen LogP contribution in [0.15, 0.2) is 12.4 Å². The molecule has 1 fully saturated rings. The van der Waals surface area contributed by atoms with E-state index in [9.17, 15) is 13.2 Å². The lowest BCUT2D eigenvalue weighted by molar-refractivity contribution is 0.0948. The molecule has 1 N–H and O–H groups in total. The predicted octanol–water partition coefficient (Wildman–Crippen LogP) is 0.0983. The molecule has 1 aliphatic rings. The first kappa shape index (κ1) is 17.0. The van der Waals surface area contributed by atoms with Gasteiger partial charge in [-0.2, -0.15) is 5.10 Å². The van der Waals surface area contributed by atoms with Crippen molar-refractivity contribution in [3.63, 3.8) is 0 Å². The Labute approximate surface area is 131 Å². The van der Waals surface area contributed by atoms with Gasteiger partial charge in [-0.1, -0.05) is 0 Å². The van der Waals surface area contributed by atoms with Crippen molar-refractivity contribution in [1.29, 1.82) is 0 Å². The van der Waals surface area contributed by atoms with Crippen molar-refractivity contribution in [3.8, 4) is 0 Å². The molecule has 0 unspecified atom stereocenters. The molecule has 0 aliphatic carbocycles. The highest BCUT2D eigenvalue weighted by atomic mass is 32.2. The zero-order chi connectivity index (χ0) is 16.4. The molecule has 0 bridgehead atoms. The minimum absolute atomic E-state index is 0.153. The van der Waals surface area contributed by atoms with Gasteiger partial charge < -0.3 is 5.32 Å². The van der Waals surface area contributed by atoms with E-state index in [1.54, 1.807) is 17.1 Å². The van der Waals surface area contributed by atoms with Crippen LogP contribution in [-0.2, 0) is 15.4 Å². The summed E-state index contributed by atoms with van der Waals surface area (Å²) in [4.78, 5) is 14.1. The summed E-state index contributed by atoms with van der Waals surface area (Å²) < 4.78 is 24.4. The Morgan fingerprint density at radius 2 is 1.95 bits per heavy atom. The highest BCUT2D eigenvalue weighted by molar-refractivity contribution is 7.91. The average molecular weight is 328 g/mol. The van der Waals surface area contributed by atoms with Crippen LogP contribution in [0.4, 0.5) is 0 Å². The summed E-state index contributed by atoms with van der Waals surface area (Å²) in [5.74, 6) is 0.263. The van der Waals surface area contributed by atoms with Crippen LogP contribution in [0.3, 0.4) is 0 Å². The maximum absolute atomic E-state index is 12.1. The van der Waals surface area contributed by atoms with Gasteiger partial charge in [0.05, 0.1) is 28.8 Å². The SMILES string of the molecule is CC(C)(C)n1cc(C(=O)NCCN2CCS(=O)(=O)CC2)cn1. The van der Waals surface area contributed by atoms with Crippen LogP contribution in [-0.4, -0.2) is 66.7 Å². The van der Waals surface area contributed by atoms with Crippen LogP contribution in [0.1, 0.15) is 31.1 Å². The molecule has 7 nitrogen and oxygen atoms in total. The first-order valence-corrected chi connectivity index (χ1v) is 9.26. The number of nitrogens with zero attached hydrogens (tertiary/aromatic N) is 3. The van der Waals surface area contributed by atoms with Gasteiger partial charge in [-0.15, -0.1) is 0 Å². The molecule has 124 valence electrons. The Kier molecular flexibility index (Phi) is 4.91. The third kappa shape index (κ3) is 4.54. The van der Waals surface area contributed by atoms with Crippen LogP contribution in [0.2, 0.25) is 0 Å². The molecule has 1 aromatic heterocycles. The van der Waals surface area contributed by atoms with Crippen LogP contribution >= 0.6 is 0 Å². The van der Waals surface area contributed by atoms with Crippen molar-refractivity contribution in [2.45, 2.75) is 26.3 Å². The molecule has 2 heterocycles. The monoisotopic (exact) mass is 328 g/mol. The predicted molar refractivity (Wildman–Crippen MR) is 84.7 cm³/mol. The lowest BCUT2D eigenvalue weighted by Crippen LogP contribution is -2.43. The van der Waals surface area contributed by atoms with Crippen molar-refractivity contribution >= 4 is 15.7 Å². The van der Waals surface area contributed by atoms with Gasteiger partial charge in [-0.25, -0.2) is 8.42 Å². The molecule has 0 atom stereocenters. The van der Waals surface area contributed by atoms with Crippen LogP contribution in [0.25, 0.3) is 0 Å². The molecule has 0 aromatic carbocycles. The first-order valence-electron chi connectivity index (χ1n) is 7.43. The molecule has 1 aromatic rings. The molecule has 2 rings (SSSR count). The molecule has 22 heavy (non-hydrogen) atoms. The number of carbonyl (C=O) groups is 1. The highest BCUT2D eigenvalue weighted by Gasteiger charge is 2.21. The van der Waals surface area contributed by atoms with E-state index in [1.807, 2.05) is 20.8 Å². The maximum Gasteiger partial charge on any atom is 0.254 e. The van der Waals surface area contributed by atoms with E-state index in [4.69, 9.17) is 0 Å². The number of carbonyl (C=O) groups excluding carboxylic acids is 1. The lowest BCUT2D eigenvalue weighted by atomic mass is 10.1. The van der Waals surface area contributed by atoms with E-state index in [0.717, 1.165) is 0 Å². The molecule has 0 saturated carbocycles. The topological polar surface area (TPSA) is 84.3 Å². The Morgan fingerprint density at radius 3 is 2.50 bits per heavy atom. The molecule has 8 heteroatoms. The number of hydrogen-bond donors (Lipinski definition) is 1. The summed E-state index contributed by atoms with van der Waals surface area (Å²) in [5, 5.41) is 7.05. The quantitative estimate of drug-likeness (QED) is 0.847. The van der Waals surface area contributed by atoms with Gasteiger partial charge in [0, 0.05) is 32.4 Å². The Bertz CT molecular complexity index is 617. The summed E-state index contributed by atoms with van der Waals surface area (Å²) in [6, 6.07) is 0. The standard InChI is InChI=1S/C14H24N4O3S/c1-14(2,3)18-11-12(10-16-18)13(19)15-4-5-17-6-8-22(20,21)9-7-17/h10-11H,4-9H2,1-3H3,(H,15,19). The van der Waals surface area contributed by atoms with Crippen molar-refractivity contribution in [1.82, 2.24) is 20.0 Å². The van der Waals surface area contributed by atoms with E-state index in [2.05, 4.69) is 15.3 Å². The molecule has 1 amide bonds. The van der Waals surface area contributed by atoms with Gasteiger partial charge in [-0.05, 0) is 20.8 Å². The number of aromatic nitrogens is 2. The van der Waals surface area contributed by atoms with E-state index in [1.165, 1.54) is 0 Å².